The maximum atomic E-state index is 12.5. The topological polar surface area (TPSA) is 68.0 Å². The Balaban J connectivity index is 1.73. The number of carbonyl (C=O) groups excluding carboxylic acids is 1. The van der Waals surface area contributed by atoms with E-state index in [1.165, 1.54) is 0 Å². The molecular weight excluding hydrogens is 314 g/mol. The molecule has 0 saturated heterocycles. The van der Waals surface area contributed by atoms with Crippen LogP contribution in [0.3, 0.4) is 0 Å². The molecule has 0 aliphatic rings. The molecule has 1 amide bonds. The zero-order valence-corrected chi connectivity index (χ0v) is 14.4. The first-order valence-electron chi connectivity index (χ1n) is 8.32. The quantitative estimate of drug-likeness (QED) is 0.748. The molecule has 1 aromatic carbocycles. The second-order valence-corrected chi connectivity index (χ2v) is 5.97. The van der Waals surface area contributed by atoms with Crippen molar-refractivity contribution in [2.24, 2.45) is 0 Å². The molecular formula is C20H21N3O2. The van der Waals surface area contributed by atoms with Crippen molar-refractivity contribution >= 4 is 5.91 Å². The van der Waals surface area contributed by atoms with E-state index < -0.39 is 0 Å². The predicted octanol–water partition coefficient (Wildman–Crippen LogP) is 3.52. The van der Waals surface area contributed by atoms with Crippen LogP contribution in [0.5, 0.6) is 0 Å². The zero-order chi connectivity index (χ0) is 17.6. The first-order chi connectivity index (χ1) is 12.1. The Labute approximate surface area is 147 Å². The lowest BCUT2D eigenvalue weighted by Gasteiger charge is -2.19. The lowest BCUT2D eigenvalue weighted by Crippen LogP contribution is -2.30. The molecule has 0 unspecified atom stereocenters. The molecule has 0 spiro atoms. The van der Waals surface area contributed by atoms with Gasteiger partial charge in [0.2, 0.25) is 5.91 Å². The number of hydrogen-bond donors (Lipinski definition) is 1. The highest BCUT2D eigenvalue weighted by Gasteiger charge is 2.18. The van der Waals surface area contributed by atoms with Crippen molar-refractivity contribution in [2.45, 2.75) is 32.7 Å². The number of nitrogens with zero attached hydrogens (tertiary/aromatic N) is 2. The summed E-state index contributed by atoms with van der Waals surface area (Å²) in [5.41, 5.74) is 3.67. The maximum absolute atomic E-state index is 12.5. The highest BCUT2D eigenvalue weighted by Crippen LogP contribution is 2.20. The Morgan fingerprint density at radius 1 is 1.12 bits per heavy atom. The predicted molar refractivity (Wildman–Crippen MR) is 95.0 cm³/mol. The minimum atomic E-state index is -0.264. The Kier molecular flexibility index (Phi) is 5.23. The van der Waals surface area contributed by atoms with Crippen LogP contribution in [0, 0.1) is 13.8 Å². The van der Waals surface area contributed by atoms with E-state index in [1.807, 2.05) is 62.4 Å². The van der Waals surface area contributed by atoms with Crippen LogP contribution in [0.25, 0.3) is 0 Å². The van der Waals surface area contributed by atoms with Gasteiger partial charge in [0.25, 0.3) is 0 Å². The molecule has 128 valence electrons. The molecule has 25 heavy (non-hydrogen) atoms. The average Bonchev–Trinajstić information content (AvgIpc) is 2.97. The van der Waals surface area contributed by atoms with E-state index in [4.69, 9.17) is 4.52 Å². The van der Waals surface area contributed by atoms with Gasteiger partial charge in [-0.2, -0.15) is 0 Å². The summed E-state index contributed by atoms with van der Waals surface area (Å²) in [5.74, 6) is 0.745. The molecule has 1 atom stereocenters. The number of benzene rings is 1. The third-order valence-corrected chi connectivity index (χ3v) is 4.21. The lowest BCUT2D eigenvalue weighted by atomic mass is 10.0. The van der Waals surface area contributed by atoms with Gasteiger partial charge in [-0.15, -0.1) is 0 Å². The van der Waals surface area contributed by atoms with Gasteiger partial charge in [0, 0.05) is 18.2 Å². The van der Waals surface area contributed by atoms with Crippen molar-refractivity contribution in [3.63, 3.8) is 0 Å². The fourth-order valence-corrected chi connectivity index (χ4v) is 2.85. The number of hydrogen-bond acceptors (Lipinski definition) is 4. The zero-order valence-electron chi connectivity index (χ0n) is 14.4. The molecule has 3 aromatic rings. The summed E-state index contributed by atoms with van der Waals surface area (Å²) in [6.45, 7) is 3.76. The van der Waals surface area contributed by atoms with Crippen LogP contribution < -0.4 is 5.32 Å². The molecule has 0 saturated carbocycles. The average molecular weight is 335 g/mol. The monoisotopic (exact) mass is 335 g/mol. The molecule has 1 N–H and O–H groups in total. The second-order valence-electron chi connectivity index (χ2n) is 5.97. The summed E-state index contributed by atoms with van der Waals surface area (Å²) >= 11 is 0. The van der Waals surface area contributed by atoms with Crippen LogP contribution in [-0.4, -0.2) is 16.0 Å². The normalized spacial score (nSPS) is 11.9. The third kappa shape index (κ3) is 4.12. The van der Waals surface area contributed by atoms with E-state index in [0.717, 1.165) is 28.3 Å². The number of aryl methyl sites for hydroxylation is 2. The van der Waals surface area contributed by atoms with E-state index >= 15 is 0 Å². The number of amides is 1. The van der Waals surface area contributed by atoms with Gasteiger partial charge in [-0.25, -0.2) is 0 Å². The van der Waals surface area contributed by atoms with Crippen molar-refractivity contribution in [3.8, 4) is 0 Å². The van der Waals surface area contributed by atoms with Crippen molar-refractivity contribution in [2.75, 3.05) is 0 Å². The largest absolute Gasteiger partial charge is 0.361 e. The molecule has 0 bridgehead atoms. The molecule has 5 nitrogen and oxygen atoms in total. The molecule has 2 heterocycles. The smallest absolute Gasteiger partial charge is 0.221 e. The maximum Gasteiger partial charge on any atom is 0.221 e. The Morgan fingerprint density at radius 2 is 1.88 bits per heavy atom. The van der Waals surface area contributed by atoms with Crippen LogP contribution in [0.2, 0.25) is 0 Å². The SMILES string of the molecule is Cc1noc(C)c1CCC(=O)N[C@H](c1ccccc1)c1ccccn1. The first kappa shape index (κ1) is 16.9. The van der Waals surface area contributed by atoms with Gasteiger partial charge in [0.15, 0.2) is 0 Å². The molecule has 5 heteroatoms. The van der Waals surface area contributed by atoms with Gasteiger partial charge in [0.1, 0.15) is 5.76 Å². The van der Waals surface area contributed by atoms with E-state index in [9.17, 15) is 4.79 Å². The number of rotatable bonds is 6. The number of nitrogens with one attached hydrogen (secondary N) is 1. The molecule has 0 fully saturated rings. The van der Waals surface area contributed by atoms with E-state index in [2.05, 4.69) is 15.5 Å². The fourth-order valence-electron chi connectivity index (χ4n) is 2.85. The van der Waals surface area contributed by atoms with Crippen LogP contribution in [-0.2, 0) is 11.2 Å². The molecule has 2 aromatic heterocycles. The number of pyridine rings is 1. The summed E-state index contributed by atoms with van der Waals surface area (Å²) in [6, 6.07) is 15.3. The number of carbonyl (C=O) groups is 1. The highest BCUT2D eigenvalue weighted by molar-refractivity contribution is 5.77. The van der Waals surface area contributed by atoms with E-state index in [1.54, 1.807) is 6.20 Å². The lowest BCUT2D eigenvalue weighted by molar-refractivity contribution is -0.121. The summed E-state index contributed by atoms with van der Waals surface area (Å²) in [5, 5.41) is 7.03. The first-order valence-corrected chi connectivity index (χ1v) is 8.32. The van der Waals surface area contributed by atoms with Crippen LogP contribution in [0.15, 0.2) is 59.3 Å². The van der Waals surface area contributed by atoms with Gasteiger partial charge < -0.3 is 9.84 Å². The highest BCUT2D eigenvalue weighted by atomic mass is 16.5. The standard InChI is InChI=1S/C20H21N3O2/c1-14-17(15(2)25-23-14)11-12-19(24)22-20(16-8-4-3-5-9-16)18-10-6-7-13-21-18/h3-10,13,20H,11-12H2,1-2H3,(H,22,24)/t20-/m1/s1. The Hall–Kier alpha value is -2.95. The summed E-state index contributed by atoms with van der Waals surface area (Å²) in [6.07, 6.45) is 2.72. The van der Waals surface area contributed by atoms with Gasteiger partial charge in [-0.3, -0.25) is 9.78 Å². The fraction of sp³-hybridized carbons (Fsp3) is 0.250. The second kappa shape index (κ2) is 7.75. The van der Waals surface area contributed by atoms with Crippen LogP contribution >= 0.6 is 0 Å². The summed E-state index contributed by atoms with van der Waals surface area (Å²) < 4.78 is 5.16. The Bertz CT molecular complexity index is 770. The van der Waals surface area contributed by atoms with E-state index in [-0.39, 0.29) is 11.9 Å². The van der Waals surface area contributed by atoms with Gasteiger partial charge >= 0.3 is 0 Å². The molecule has 3 rings (SSSR count). The minimum Gasteiger partial charge on any atom is -0.361 e. The summed E-state index contributed by atoms with van der Waals surface area (Å²) in [4.78, 5) is 16.9. The van der Waals surface area contributed by atoms with Crippen molar-refractivity contribution in [1.29, 1.82) is 0 Å². The molecule has 0 aliphatic carbocycles. The molecule has 0 radical (unpaired) electrons. The van der Waals surface area contributed by atoms with Crippen molar-refractivity contribution < 1.29 is 9.32 Å². The van der Waals surface area contributed by atoms with Crippen LogP contribution in [0.1, 0.15) is 40.7 Å². The third-order valence-electron chi connectivity index (χ3n) is 4.21. The van der Waals surface area contributed by atoms with Gasteiger partial charge in [0.05, 0.1) is 17.4 Å². The van der Waals surface area contributed by atoms with Gasteiger partial charge in [-0.05, 0) is 38.0 Å². The minimum absolute atomic E-state index is 0.0282. The van der Waals surface area contributed by atoms with Crippen molar-refractivity contribution in [3.05, 3.63) is 83.0 Å². The number of aromatic nitrogens is 2. The van der Waals surface area contributed by atoms with Crippen LogP contribution in [0.4, 0.5) is 0 Å². The van der Waals surface area contributed by atoms with Gasteiger partial charge in [-0.1, -0.05) is 41.6 Å². The molecule has 0 aliphatic heterocycles. The summed E-state index contributed by atoms with van der Waals surface area (Å²) in [7, 11) is 0. The Morgan fingerprint density at radius 3 is 2.52 bits per heavy atom. The van der Waals surface area contributed by atoms with E-state index in [0.29, 0.717) is 12.8 Å². The van der Waals surface area contributed by atoms with Crippen molar-refractivity contribution in [1.82, 2.24) is 15.5 Å².